The topological polar surface area (TPSA) is 114 Å². The molecule has 2 rings (SSSR count). The second-order valence-electron chi connectivity index (χ2n) is 5.48. The number of benzene rings is 1. The van der Waals surface area contributed by atoms with Gasteiger partial charge >= 0.3 is 11.7 Å². The van der Waals surface area contributed by atoms with Crippen LogP contribution in [0.15, 0.2) is 24.3 Å². The van der Waals surface area contributed by atoms with Crippen LogP contribution in [0.1, 0.15) is 28.7 Å². The molecule has 0 N–H and O–H groups in total. The fourth-order valence-corrected chi connectivity index (χ4v) is 2.41. The van der Waals surface area contributed by atoms with Gasteiger partial charge in [0, 0.05) is 5.56 Å². The van der Waals surface area contributed by atoms with E-state index in [9.17, 15) is 19.7 Å². The number of esters is 1. The first kappa shape index (κ1) is 19.1. The minimum atomic E-state index is -0.704. The van der Waals surface area contributed by atoms with Crippen molar-refractivity contribution < 1.29 is 24.0 Å². The van der Waals surface area contributed by atoms with Crippen LogP contribution in [0.4, 0.5) is 5.69 Å². The van der Waals surface area contributed by atoms with E-state index in [2.05, 4.69) is 5.10 Å². The van der Waals surface area contributed by atoms with Gasteiger partial charge in [-0.05, 0) is 45.0 Å². The van der Waals surface area contributed by atoms with Gasteiger partial charge in [-0.25, -0.2) is 0 Å². The standard InChI is InChI=1S/C17H19N3O6/c1-4-25-14-7-5-13(6-8-14)15(21)10-26-16(22)9-19-12(3)17(20(23)24)11(2)18-19/h5-8H,4,9-10H2,1-3H3. The molecule has 2 aromatic rings. The van der Waals surface area contributed by atoms with E-state index in [1.165, 1.54) is 18.5 Å². The van der Waals surface area contributed by atoms with E-state index in [1.54, 1.807) is 24.3 Å². The van der Waals surface area contributed by atoms with Crippen LogP contribution in [-0.2, 0) is 16.1 Å². The van der Waals surface area contributed by atoms with Gasteiger partial charge in [0.1, 0.15) is 23.7 Å². The van der Waals surface area contributed by atoms with Crippen LogP contribution < -0.4 is 4.74 Å². The summed E-state index contributed by atoms with van der Waals surface area (Å²) in [5.74, 6) is -0.419. The molecule has 26 heavy (non-hydrogen) atoms. The molecule has 138 valence electrons. The van der Waals surface area contributed by atoms with Gasteiger partial charge in [0.05, 0.1) is 11.5 Å². The third-order valence-electron chi connectivity index (χ3n) is 3.66. The highest BCUT2D eigenvalue weighted by Gasteiger charge is 2.23. The van der Waals surface area contributed by atoms with Crippen LogP contribution in [0.5, 0.6) is 5.75 Å². The normalized spacial score (nSPS) is 10.4. The average molecular weight is 361 g/mol. The van der Waals surface area contributed by atoms with Gasteiger partial charge in [-0.15, -0.1) is 0 Å². The number of Topliss-reactive ketones (excluding diaryl/α,β-unsaturated/α-hetero) is 1. The lowest BCUT2D eigenvalue weighted by Gasteiger charge is -2.07. The number of aromatic nitrogens is 2. The van der Waals surface area contributed by atoms with E-state index in [0.717, 1.165) is 0 Å². The smallest absolute Gasteiger partial charge is 0.328 e. The zero-order valence-electron chi connectivity index (χ0n) is 14.7. The van der Waals surface area contributed by atoms with Crippen LogP contribution in [0.2, 0.25) is 0 Å². The van der Waals surface area contributed by atoms with Gasteiger partial charge < -0.3 is 9.47 Å². The zero-order chi connectivity index (χ0) is 19.3. The van der Waals surface area contributed by atoms with Crippen molar-refractivity contribution in [1.82, 2.24) is 9.78 Å². The minimum absolute atomic E-state index is 0.136. The Bertz CT molecular complexity index is 826. The van der Waals surface area contributed by atoms with Crippen LogP contribution >= 0.6 is 0 Å². The molecular weight excluding hydrogens is 342 g/mol. The Hall–Kier alpha value is -3.23. The molecule has 9 nitrogen and oxygen atoms in total. The van der Waals surface area contributed by atoms with Crippen molar-refractivity contribution in [2.24, 2.45) is 0 Å². The number of ketones is 1. The SMILES string of the molecule is CCOc1ccc(C(=O)COC(=O)Cn2nc(C)c([N+](=O)[O-])c2C)cc1. The number of hydrogen-bond acceptors (Lipinski definition) is 7. The summed E-state index contributed by atoms with van der Waals surface area (Å²) in [5.41, 5.74) is 0.722. The number of carbonyl (C=O) groups excluding carboxylic acids is 2. The Labute approximate surface area is 149 Å². The summed E-state index contributed by atoms with van der Waals surface area (Å²) in [5, 5.41) is 14.9. The van der Waals surface area contributed by atoms with Crippen molar-refractivity contribution in [1.29, 1.82) is 0 Å². The molecule has 1 aromatic carbocycles. The predicted molar refractivity (Wildman–Crippen MR) is 91.3 cm³/mol. The first-order chi connectivity index (χ1) is 12.3. The predicted octanol–water partition coefficient (Wildman–Crippen LogP) is 2.23. The third kappa shape index (κ3) is 4.44. The molecule has 0 unspecified atom stereocenters. The van der Waals surface area contributed by atoms with Gasteiger partial charge in [0.2, 0.25) is 0 Å². The molecule has 0 saturated heterocycles. The molecule has 0 radical (unpaired) electrons. The zero-order valence-corrected chi connectivity index (χ0v) is 14.7. The van der Waals surface area contributed by atoms with Gasteiger partial charge in [-0.1, -0.05) is 0 Å². The molecule has 0 aliphatic heterocycles. The Morgan fingerprint density at radius 2 is 1.88 bits per heavy atom. The molecule has 0 fully saturated rings. The molecule has 0 bridgehead atoms. The van der Waals surface area contributed by atoms with Gasteiger partial charge in [-0.3, -0.25) is 24.4 Å². The van der Waals surface area contributed by atoms with Crippen molar-refractivity contribution in [3.63, 3.8) is 0 Å². The number of ether oxygens (including phenoxy) is 2. The summed E-state index contributed by atoms with van der Waals surface area (Å²) in [6.45, 7) is 4.63. The monoisotopic (exact) mass is 361 g/mol. The van der Waals surface area contributed by atoms with Crippen LogP contribution in [0.3, 0.4) is 0 Å². The van der Waals surface area contributed by atoms with E-state index in [0.29, 0.717) is 17.9 Å². The van der Waals surface area contributed by atoms with Crippen molar-refractivity contribution >= 4 is 17.4 Å². The van der Waals surface area contributed by atoms with Gasteiger partial charge in [0.15, 0.2) is 12.4 Å². The highest BCUT2D eigenvalue weighted by atomic mass is 16.6. The molecule has 9 heteroatoms. The number of nitrogens with zero attached hydrogens (tertiary/aromatic N) is 3. The van der Waals surface area contributed by atoms with E-state index < -0.39 is 17.5 Å². The first-order valence-electron chi connectivity index (χ1n) is 7.93. The number of aryl methyl sites for hydroxylation is 1. The minimum Gasteiger partial charge on any atom is -0.494 e. The second kappa shape index (κ2) is 8.24. The molecule has 0 aliphatic rings. The quantitative estimate of drug-likeness (QED) is 0.306. The van der Waals surface area contributed by atoms with Crippen molar-refractivity contribution in [2.45, 2.75) is 27.3 Å². The summed E-state index contributed by atoms with van der Waals surface area (Å²) in [6.07, 6.45) is 0. The highest BCUT2D eigenvalue weighted by Crippen LogP contribution is 2.21. The van der Waals surface area contributed by atoms with Crippen molar-refractivity contribution in [3.05, 3.63) is 51.3 Å². The highest BCUT2D eigenvalue weighted by molar-refractivity contribution is 5.98. The summed E-state index contributed by atoms with van der Waals surface area (Å²) < 4.78 is 11.4. The maximum atomic E-state index is 12.1. The Balaban J connectivity index is 1.93. The number of nitro groups is 1. The van der Waals surface area contributed by atoms with Crippen molar-refractivity contribution in [2.75, 3.05) is 13.2 Å². The summed E-state index contributed by atoms with van der Waals surface area (Å²) in [6, 6.07) is 6.50. The largest absolute Gasteiger partial charge is 0.494 e. The number of hydrogen-bond donors (Lipinski definition) is 0. The molecule has 1 heterocycles. The van der Waals surface area contributed by atoms with Gasteiger partial charge in [-0.2, -0.15) is 5.10 Å². The fourth-order valence-electron chi connectivity index (χ4n) is 2.41. The van der Waals surface area contributed by atoms with E-state index in [-0.39, 0.29) is 29.4 Å². The molecule has 0 amide bonds. The lowest BCUT2D eigenvalue weighted by molar-refractivity contribution is -0.386. The maximum absolute atomic E-state index is 12.1. The molecular formula is C17H19N3O6. The Kier molecular flexibility index (Phi) is 6.05. The maximum Gasteiger partial charge on any atom is 0.328 e. The van der Waals surface area contributed by atoms with E-state index >= 15 is 0 Å². The summed E-state index contributed by atoms with van der Waals surface area (Å²) in [4.78, 5) is 34.4. The van der Waals surface area contributed by atoms with Gasteiger partial charge in [0.25, 0.3) is 0 Å². The Morgan fingerprint density at radius 1 is 1.23 bits per heavy atom. The molecule has 0 saturated carbocycles. The fraction of sp³-hybridized carbons (Fsp3) is 0.353. The number of carbonyl (C=O) groups is 2. The molecule has 0 atom stereocenters. The van der Waals surface area contributed by atoms with Crippen LogP contribution in [0.25, 0.3) is 0 Å². The Morgan fingerprint density at radius 3 is 2.42 bits per heavy atom. The van der Waals surface area contributed by atoms with E-state index in [4.69, 9.17) is 9.47 Å². The third-order valence-corrected chi connectivity index (χ3v) is 3.66. The van der Waals surface area contributed by atoms with Crippen LogP contribution in [0, 0.1) is 24.0 Å². The molecule has 0 aliphatic carbocycles. The summed E-state index contributed by atoms with van der Waals surface area (Å²) >= 11 is 0. The first-order valence-corrected chi connectivity index (χ1v) is 7.93. The second-order valence-corrected chi connectivity index (χ2v) is 5.48. The molecule has 0 spiro atoms. The summed E-state index contributed by atoms with van der Waals surface area (Å²) in [7, 11) is 0. The van der Waals surface area contributed by atoms with Crippen molar-refractivity contribution in [3.8, 4) is 5.75 Å². The van der Waals surface area contributed by atoms with E-state index in [1.807, 2.05) is 6.92 Å². The number of rotatable bonds is 8. The lowest BCUT2D eigenvalue weighted by atomic mass is 10.1. The van der Waals surface area contributed by atoms with Crippen LogP contribution in [-0.4, -0.2) is 39.7 Å². The lowest BCUT2D eigenvalue weighted by Crippen LogP contribution is -2.19. The average Bonchev–Trinajstić information content (AvgIpc) is 2.87. The molecule has 1 aromatic heterocycles.